The Hall–Kier alpha value is -4.88. The molecule has 0 heterocycles. The van der Waals surface area contributed by atoms with Crippen molar-refractivity contribution in [1.29, 1.82) is 0 Å². The molecule has 46 heavy (non-hydrogen) atoms. The van der Waals surface area contributed by atoms with Crippen LogP contribution in [0.1, 0.15) is 74.9 Å². The molecule has 0 N–H and O–H groups in total. The van der Waals surface area contributed by atoms with Crippen LogP contribution in [-0.4, -0.2) is 0 Å². The van der Waals surface area contributed by atoms with Crippen LogP contribution in [-0.2, 0) is 16.2 Å². The monoisotopic (exact) mass is 593 g/mol. The number of rotatable bonds is 3. The highest BCUT2D eigenvalue weighted by molar-refractivity contribution is 5.96. The van der Waals surface area contributed by atoms with Gasteiger partial charge in [-0.3, -0.25) is 0 Å². The van der Waals surface area contributed by atoms with E-state index in [1.54, 1.807) is 0 Å². The van der Waals surface area contributed by atoms with Crippen molar-refractivity contribution >= 4 is 17.1 Å². The lowest BCUT2D eigenvalue weighted by Gasteiger charge is -2.31. The Morgan fingerprint density at radius 1 is 0.348 bits per heavy atom. The van der Waals surface area contributed by atoms with Gasteiger partial charge in [0.15, 0.2) is 0 Å². The number of nitrogens with zero attached hydrogens (tertiary/aromatic N) is 1. The maximum absolute atomic E-state index is 2.54. The van der Waals surface area contributed by atoms with Crippen LogP contribution in [0.4, 0.5) is 17.1 Å². The summed E-state index contributed by atoms with van der Waals surface area (Å²) in [6.45, 7) is 14.2. The number of anilines is 3. The first-order chi connectivity index (χ1) is 22.1. The second-order valence-corrected chi connectivity index (χ2v) is 15.0. The van der Waals surface area contributed by atoms with Gasteiger partial charge >= 0.3 is 0 Å². The van der Waals surface area contributed by atoms with Crippen LogP contribution < -0.4 is 4.90 Å². The van der Waals surface area contributed by atoms with E-state index in [0.717, 1.165) is 0 Å². The fraction of sp³-hybridized carbons (Fsp3) is 0.200. The molecule has 6 aromatic rings. The van der Waals surface area contributed by atoms with Crippen LogP contribution >= 0.6 is 0 Å². The Bertz CT molecular complexity index is 2140. The quantitative estimate of drug-likeness (QED) is 0.197. The van der Waals surface area contributed by atoms with Gasteiger partial charge in [-0.25, -0.2) is 0 Å². The summed E-state index contributed by atoms with van der Waals surface area (Å²) in [5.74, 6) is 0. The molecule has 0 spiro atoms. The Morgan fingerprint density at radius 2 is 0.739 bits per heavy atom. The third-order valence-electron chi connectivity index (χ3n) is 11.5. The molecule has 3 aliphatic carbocycles. The summed E-state index contributed by atoms with van der Waals surface area (Å²) in [7, 11) is 0. The second-order valence-electron chi connectivity index (χ2n) is 15.0. The first kappa shape index (κ1) is 27.4. The van der Waals surface area contributed by atoms with E-state index in [0.29, 0.717) is 0 Å². The van der Waals surface area contributed by atoms with E-state index < -0.39 is 0 Å². The molecule has 224 valence electrons. The van der Waals surface area contributed by atoms with Crippen LogP contribution in [0.25, 0.3) is 33.4 Å². The summed E-state index contributed by atoms with van der Waals surface area (Å²) < 4.78 is 0. The summed E-state index contributed by atoms with van der Waals surface area (Å²) in [6, 6.07) is 48.1. The van der Waals surface area contributed by atoms with Gasteiger partial charge in [-0.15, -0.1) is 0 Å². The number of fused-ring (bicyclic) bond motifs is 9. The summed E-state index contributed by atoms with van der Waals surface area (Å²) in [5.41, 5.74) is 19.8. The Morgan fingerprint density at radius 3 is 1.26 bits per heavy atom. The van der Waals surface area contributed by atoms with Gasteiger partial charge < -0.3 is 4.90 Å². The topological polar surface area (TPSA) is 3.24 Å². The SMILES string of the molecule is CC1(C)c2ccccc2-c2ccc(N(c3ccc4c(c3)C(C)(C)c3ccccc3-4)c3cccc4c3-c3ccccc3C4(C)C)cc21. The van der Waals surface area contributed by atoms with Crippen molar-refractivity contribution in [2.45, 2.75) is 57.8 Å². The molecule has 0 bridgehead atoms. The lowest BCUT2D eigenvalue weighted by Crippen LogP contribution is -2.18. The maximum atomic E-state index is 2.54. The molecule has 0 amide bonds. The summed E-state index contributed by atoms with van der Waals surface area (Å²) >= 11 is 0. The zero-order valence-corrected chi connectivity index (χ0v) is 27.6. The average Bonchev–Trinajstić information content (AvgIpc) is 3.55. The lowest BCUT2D eigenvalue weighted by atomic mass is 9.81. The van der Waals surface area contributed by atoms with E-state index in [-0.39, 0.29) is 16.2 Å². The van der Waals surface area contributed by atoms with Crippen LogP contribution in [0.15, 0.2) is 127 Å². The van der Waals surface area contributed by atoms with Gasteiger partial charge in [0.25, 0.3) is 0 Å². The Kier molecular flexibility index (Phi) is 5.43. The molecule has 6 aromatic carbocycles. The van der Waals surface area contributed by atoms with Crippen molar-refractivity contribution in [3.63, 3.8) is 0 Å². The molecule has 0 saturated carbocycles. The van der Waals surface area contributed by atoms with Crippen LogP contribution in [0.2, 0.25) is 0 Å². The first-order valence-electron chi connectivity index (χ1n) is 16.6. The summed E-state index contributed by atoms with van der Waals surface area (Å²) in [4.78, 5) is 2.54. The smallest absolute Gasteiger partial charge is 0.0543 e. The van der Waals surface area contributed by atoms with Gasteiger partial charge in [0.2, 0.25) is 0 Å². The van der Waals surface area contributed by atoms with Gasteiger partial charge in [-0.05, 0) is 91.5 Å². The van der Waals surface area contributed by atoms with Crippen molar-refractivity contribution in [2.75, 3.05) is 4.90 Å². The van der Waals surface area contributed by atoms with E-state index in [1.807, 2.05) is 0 Å². The predicted octanol–water partition coefficient (Wildman–Crippen LogP) is 12.1. The minimum Gasteiger partial charge on any atom is -0.310 e. The van der Waals surface area contributed by atoms with Crippen molar-refractivity contribution in [2.24, 2.45) is 0 Å². The highest BCUT2D eigenvalue weighted by Gasteiger charge is 2.40. The number of benzene rings is 6. The van der Waals surface area contributed by atoms with Gasteiger partial charge in [-0.2, -0.15) is 0 Å². The van der Waals surface area contributed by atoms with Crippen molar-refractivity contribution in [1.82, 2.24) is 0 Å². The minimum atomic E-state index is -0.0809. The summed E-state index contributed by atoms with van der Waals surface area (Å²) in [5, 5.41) is 0. The average molecular weight is 594 g/mol. The van der Waals surface area contributed by atoms with Crippen LogP contribution in [0.5, 0.6) is 0 Å². The van der Waals surface area contributed by atoms with Gasteiger partial charge in [-0.1, -0.05) is 139 Å². The Balaban J connectivity index is 1.31. The highest BCUT2D eigenvalue weighted by atomic mass is 15.1. The zero-order chi connectivity index (χ0) is 31.6. The molecule has 9 rings (SSSR count). The molecule has 0 atom stereocenters. The van der Waals surface area contributed by atoms with E-state index in [2.05, 4.69) is 174 Å². The highest BCUT2D eigenvalue weighted by Crippen LogP contribution is 2.57. The van der Waals surface area contributed by atoms with Crippen molar-refractivity contribution < 1.29 is 0 Å². The van der Waals surface area contributed by atoms with Crippen molar-refractivity contribution in [3.05, 3.63) is 161 Å². The van der Waals surface area contributed by atoms with Crippen LogP contribution in [0, 0.1) is 0 Å². The molecule has 3 aliphatic rings. The standard InChI is InChI=1S/C45H39N/c1-43(2)37-19-12-9-16-34(37)42-38(43)20-13-21-41(42)46(28-22-24-32-30-14-7-10-17-35(30)44(3,4)39(32)26-28)29-23-25-33-31-15-8-11-18-36(31)45(5,6)40(33)27-29/h7-27H,1-6H3. The summed E-state index contributed by atoms with van der Waals surface area (Å²) in [6.07, 6.45) is 0. The lowest BCUT2D eigenvalue weighted by molar-refractivity contribution is 0.660. The predicted molar refractivity (Wildman–Crippen MR) is 194 cm³/mol. The van der Waals surface area contributed by atoms with Crippen LogP contribution in [0.3, 0.4) is 0 Å². The van der Waals surface area contributed by atoms with E-state index >= 15 is 0 Å². The largest absolute Gasteiger partial charge is 0.310 e. The van der Waals surface area contributed by atoms with Gasteiger partial charge in [0.05, 0.1) is 5.69 Å². The number of hydrogen-bond donors (Lipinski definition) is 0. The Labute approximate surface area is 273 Å². The molecule has 0 unspecified atom stereocenters. The van der Waals surface area contributed by atoms with E-state index in [1.165, 1.54) is 83.8 Å². The van der Waals surface area contributed by atoms with Gasteiger partial charge in [0.1, 0.15) is 0 Å². The third kappa shape index (κ3) is 3.46. The number of hydrogen-bond acceptors (Lipinski definition) is 1. The molecule has 0 aromatic heterocycles. The maximum Gasteiger partial charge on any atom is 0.0543 e. The zero-order valence-electron chi connectivity index (χ0n) is 27.6. The molecule has 0 aliphatic heterocycles. The molecule has 0 fully saturated rings. The van der Waals surface area contributed by atoms with Crippen molar-refractivity contribution in [3.8, 4) is 33.4 Å². The second kappa shape index (κ2) is 9.10. The minimum absolute atomic E-state index is 0.0727. The van der Waals surface area contributed by atoms with E-state index in [4.69, 9.17) is 0 Å². The van der Waals surface area contributed by atoms with Gasteiger partial charge in [0, 0.05) is 33.2 Å². The molecular formula is C45H39N. The molecule has 0 saturated heterocycles. The molecular weight excluding hydrogens is 555 g/mol. The van der Waals surface area contributed by atoms with E-state index in [9.17, 15) is 0 Å². The molecule has 1 nitrogen and oxygen atoms in total. The molecule has 0 radical (unpaired) electrons. The molecule has 1 heteroatoms. The first-order valence-corrected chi connectivity index (χ1v) is 16.6. The normalized spacial score (nSPS) is 16.6. The fourth-order valence-corrected chi connectivity index (χ4v) is 9.01. The fourth-order valence-electron chi connectivity index (χ4n) is 9.01. The third-order valence-corrected chi connectivity index (χ3v) is 11.5.